The predicted octanol–water partition coefficient (Wildman–Crippen LogP) is 9.43. The van der Waals surface area contributed by atoms with Gasteiger partial charge in [0.2, 0.25) is 17.3 Å². The van der Waals surface area contributed by atoms with E-state index in [1.165, 1.54) is 19.5 Å². The maximum absolute atomic E-state index is 13.5. The fraction of sp³-hybridized carbons (Fsp3) is 0.373. The highest BCUT2D eigenvalue weighted by molar-refractivity contribution is 6.00. The molecule has 2 amide bonds. The van der Waals surface area contributed by atoms with Crippen molar-refractivity contribution in [3.63, 3.8) is 0 Å². The number of nitrogen functional groups attached to an aromatic ring is 3. The Bertz CT molecular complexity index is 2340. The molecular formula is C51H68F4N9O3+. The lowest BCUT2D eigenvalue weighted by molar-refractivity contribution is -0.121. The molecule has 0 unspecified atom stereocenters. The molecule has 1 aliphatic rings. The molecule has 12 nitrogen and oxygen atoms in total. The van der Waals surface area contributed by atoms with E-state index in [0.29, 0.717) is 18.0 Å². The van der Waals surface area contributed by atoms with E-state index in [1.54, 1.807) is 0 Å². The van der Waals surface area contributed by atoms with E-state index in [-0.39, 0.29) is 18.9 Å². The number of likely N-dealkylation sites (N-methyl/N-ethyl adjacent to an activating group) is 1. The highest BCUT2D eigenvalue weighted by atomic mass is 19.2. The number of rotatable bonds is 18. The fourth-order valence-electron chi connectivity index (χ4n) is 6.67. The molecule has 16 heteroatoms. The second-order valence-electron chi connectivity index (χ2n) is 17.0. The van der Waals surface area contributed by atoms with E-state index >= 15 is 0 Å². The van der Waals surface area contributed by atoms with Gasteiger partial charge in [0.1, 0.15) is 23.7 Å². The lowest BCUT2D eigenvalue weighted by atomic mass is 10.00. The molecule has 0 radical (unpaired) electrons. The Hall–Kier alpha value is -6.68. The zero-order valence-electron chi connectivity index (χ0n) is 39.8. The first-order chi connectivity index (χ1) is 31.7. The summed E-state index contributed by atoms with van der Waals surface area (Å²) in [6.07, 6.45) is 9.86. The number of amides is 2. The van der Waals surface area contributed by atoms with Crippen LogP contribution in [0, 0.1) is 29.2 Å². The number of carbonyl (C=O) groups is 2. The largest absolute Gasteiger partial charge is 0.399 e. The van der Waals surface area contributed by atoms with Crippen molar-refractivity contribution in [2.75, 3.05) is 61.9 Å². The number of nitrogens with zero attached hydrogens (tertiary/aromatic N) is 4. The molecule has 4 aromatic carbocycles. The first kappa shape index (κ1) is 54.7. The predicted molar refractivity (Wildman–Crippen MR) is 267 cm³/mol. The van der Waals surface area contributed by atoms with Gasteiger partial charge in [0.05, 0.1) is 0 Å². The highest BCUT2D eigenvalue weighted by Gasteiger charge is 2.31. The Morgan fingerprint density at radius 2 is 1.51 bits per heavy atom. The molecule has 362 valence electrons. The van der Waals surface area contributed by atoms with Gasteiger partial charge in [0.25, 0.3) is 5.91 Å². The number of aliphatic imine (C=N–C) groups is 1. The van der Waals surface area contributed by atoms with Crippen LogP contribution in [0.25, 0.3) is 0 Å². The number of carbonyl (C=O) groups excluding carboxylic acids is 2. The van der Waals surface area contributed by atoms with E-state index in [4.69, 9.17) is 27.3 Å². The molecule has 1 aliphatic carbocycles. The summed E-state index contributed by atoms with van der Waals surface area (Å²) in [4.78, 5) is 32.7. The fourth-order valence-corrected chi connectivity index (χ4v) is 6.67. The third-order valence-corrected chi connectivity index (χ3v) is 10.7. The molecule has 67 heavy (non-hydrogen) atoms. The summed E-state index contributed by atoms with van der Waals surface area (Å²) in [5, 5.41) is 13.9. The molecule has 5 rings (SSSR count). The van der Waals surface area contributed by atoms with Crippen molar-refractivity contribution in [2.45, 2.75) is 79.2 Å². The molecule has 0 bridgehead atoms. The SMILES string of the molecule is C=[N+](c1ccccc1)c1cc(N)ccc1N=C1C=CC(N(CC)CC)=CC1.CC(C)(CCO)NC(=O)c1c(F)c(F)c(N)c(F)c1F.CC(C)CCNC(=O)CCCN(C)c1ccc(N)cc1. The van der Waals surface area contributed by atoms with E-state index in [1.807, 2.05) is 84.4 Å². The molecule has 9 N–H and O–H groups in total. The quantitative estimate of drug-likeness (QED) is 0.0188. The van der Waals surface area contributed by atoms with Crippen molar-refractivity contribution >= 4 is 64.1 Å². The Morgan fingerprint density at radius 1 is 0.896 bits per heavy atom. The van der Waals surface area contributed by atoms with Gasteiger partial charge in [-0.25, -0.2) is 22.6 Å². The first-order valence-electron chi connectivity index (χ1n) is 22.4. The molecule has 0 atom stereocenters. The molecule has 0 fully saturated rings. The molecule has 0 heterocycles. The lowest BCUT2D eigenvalue weighted by Crippen LogP contribution is -2.44. The van der Waals surface area contributed by atoms with Crippen LogP contribution in [-0.2, 0) is 4.79 Å². The molecule has 0 spiro atoms. The van der Waals surface area contributed by atoms with Crippen LogP contribution < -0.4 is 37.3 Å². The Kier molecular flexibility index (Phi) is 21.6. The van der Waals surface area contributed by atoms with Gasteiger partial charge in [0.15, 0.2) is 23.3 Å². The van der Waals surface area contributed by atoms with Gasteiger partial charge in [-0.05, 0) is 101 Å². The van der Waals surface area contributed by atoms with Gasteiger partial charge >= 0.3 is 0 Å². The summed E-state index contributed by atoms with van der Waals surface area (Å²) >= 11 is 0. The van der Waals surface area contributed by atoms with Crippen LogP contribution in [0.1, 0.15) is 84.0 Å². The zero-order valence-corrected chi connectivity index (χ0v) is 39.8. The lowest BCUT2D eigenvalue weighted by Gasteiger charge is -2.25. The number of nitrogens with two attached hydrogens (primary N) is 3. The second-order valence-corrected chi connectivity index (χ2v) is 17.0. The number of nitrogens with one attached hydrogen (secondary N) is 2. The van der Waals surface area contributed by atoms with E-state index in [9.17, 15) is 27.2 Å². The number of hydrogen-bond acceptors (Lipinski definition) is 9. The van der Waals surface area contributed by atoms with E-state index < -0.39 is 46.0 Å². The normalized spacial score (nSPS) is 12.6. The summed E-state index contributed by atoms with van der Waals surface area (Å²) < 4.78 is 55.5. The van der Waals surface area contributed by atoms with Crippen LogP contribution in [-0.4, -0.2) is 79.6 Å². The summed E-state index contributed by atoms with van der Waals surface area (Å²) in [5.74, 6) is -7.93. The van der Waals surface area contributed by atoms with Crippen molar-refractivity contribution in [1.82, 2.24) is 20.1 Å². The van der Waals surface area contributed by atoms with Gasteiger partial charge in [-0.3, -0.25) is 9.59 Å². The summed E-state index contributed by atoms with van der Waals surface area (Å²) in [6, 6.07) is 23.6. The topological polar surface area (TPSA) is 178 Å². The van der Waals surface area contributed by atoms with Gasteiger partial charge in [-0.2, -0.15) is 4.58 Å². The Labute approximate surface area is 393 Å². The monoisotopic (exact) mass is 931 g/mol. The molecule has 0 aromatic heterocycles. The number of aliphatic hydroxyl groups is 1. The smallest absolute Gasteiger partial charge is 0.257 e. The number of allylic oxidation sites excluding steroid dienone is 3. The van der Waals surface area contributed by atoms with Gasteiger partial charge in [0, 0.05) is 105 Å². The van der Waals surface area contributed by atoms with Crippen molar-refractivity contribution in [3.8, 4) is 0 Å². The summed E-state index contributed by atoms with van der Waals surface area (Å²) in [6.45, 7) is 19.2. The van der Waals surface area contributed by atoms with E-state index in [0.717, 1.165) is 79.6 Å². The summed E-state index contributed by atoms with van der Waals surface area (Å²) in [5.41, 5.74) is 20.4. The van der Waals surface area contributed by atoms with Crippen molar-refractivity contribution < 1.29 is 32.3 Å². The van der Waals surface area contributed by atoms with Gasteiger partial charge in [-0.1, -0.05) is 38.1 Å². The number of anilines is 4. The number of hydrogen-bond donors (Lipinski definition) is 6. The zero-order chi connectivity index (χ0) is 49.8. The molecule has 0 saturated heterocycles. The average molecular weight is 931 g/mol. The minimum Gasteiger partial charge on any atom is -0.399 e. The number of halogens is 4. The first-order valence-corrected chi connectivity index (χ1v) is 22.4. The van der Waals surface area contributed by atoms with Crippen molar-refractivity contribution in [1.29, 1.82) is 0 Å². The van der Waals surface area contributed by atoms with Gasteiger partial charge < -0.3 is 42.7 Å². The highest BCUT2D eigenvalue weighted by Crippen LogP contribution is 2.33. The molecule has 0 saturated carbocycles. The van der Waals surface area contributed by atoms with Crippen molar-refractivity contribution in [3.05, 3.63) is 126 Å². The van der Waals surface area contributed by atoms with Gasteiger partial charge in [-0.15, -0.1) is 0 Å². The average Bonchev–Trinajstić information content (AvgIpc) is 3.29. The third-order valence-electron chi connectivity index (χ3n) is 10.7. The van der Waals surface area contributed by atoms with Crippen LogP contribution >= 0.6 is 0 Å². The number of benzene rings is 4. The minimum atomic E-state index is -1.86. The maximum atomic E-state index is 13.5. The van der Waals surface area contributed by atoms with Crippen LogP contribution in [0.4, 0.5) is 57.4 Å². The maximum Gasteiger partial charge on any atom is 0.257 e. The Balaban J connectivity index is 0.000000272. The number of para-hydroxylation sites is 1. The molecule has 4 aromatic rings. The molecular weight excluding hydrogens is 863 g/mol. The second kappa shape index (κ2) is 26.5. The molecule has 0 aliphatic heterocycles. The van der Waals surface area contributed by atoms with E-state index in [2.05, 4.69) is 73.1 Å². The van der Waals surface area contributed by atoms with Crippen LogP contribution in [0.5, 0.6) is 0 Å². The standard InChI is InChI=1S/C23H27N4.C16H27N3O.C12H14F4N2O2/c1-4-27(5-2)21-14-12-19(13-15-21)25-22-16-11-18(24)17-23(22)26(3)20-9-7-6-8-10-20;1-13(2)10-11-18-16(20)5-4-12-19(3)15-8-6-14(17)7-9-15;1-12(2,3-4-19)18-11(20)5-6(13)8(15)10(17)9(16)7(5)14/h6-12,14-17H,3-5,13,24H2,1-2H3;6-9,13H,4-5,10-12,17H2,1-3H3,(H,18,20);19H,3-4,17H2,1-2H3,(H,18,20)/q+1;;. The van der Waals surface area contributed by atoms with Crippen LogP contribution in [0.15, 0.2) is 102 Å². The van der Waals surface area contributed by atoms with Crippen LogP contribution in [0.3, 0.4) is 0 Å². The van der Waals surface area contributed by atoms with Crippen molar-refractivity contribution in [2.24, 2.45) is 10.9 Å². The number of aliphatic hydroxyl groups excluding tert-OH is 1. The summed E-state index contributed by atoms with van der Waals surface area (Å²) in [7, 11) is 2.03. The Morgan fingerprint density at radius 3 is 2.06 bits per heavy atom. The van der Waals surface area contributed by atoms with Crippen LogP contribution in [0.2, 0.25) is 0 Å². The third kappa shape index (κ3) is 16.9. The minimum absolute atomic E-state index is 0.0852.